The van der Waals surface area contributed by atoms with E-state index in [2.05, 4.69) is 42.8 Å². The molecule has 0 saturated carbocycles. The minimum absolute atomic E-state index is 0.326. The molecule has 118 valence electrons. The van der Waals surface area contributed by atoms with Crippen molar-refractivity contribution in [2.24, 2.45) is 0 Å². The standard InChI is InChI=1S/C17H35N3/c1-5-10-19-11-8-16(9-12-19)20-14-17(4,7-3)18-13-15(20)6-2/h15-16,18H,5-14H2,1-4H3. The molecule has 2 fully saturated rings. The molecular formula is C17H35N3. The molecule has 1 N–H and O–H groups in total. The van der Waals surface area contributed by atoms with Gasteiger partial charge in [0.2, 0.25) is 0 Å². The molecule has 0 amide bonds. The molecule has 0 aromatic heterocycles. The number of nitrogens with zero attached hydrogens (tertiary/aromatic N) is 2. The fraction of sp³-hybridized carbons (Fsp3) is 1.00. The Hall–Kier alpha value is -0.120. The highest BCUT2D eigenvalue weighted by molar-refractivity contribution is 4.97. The maximum absolute atomic E-state index is 3.79. The summed E-state index contributed by atoms with van der Waals surface area (Å²) in [6.07, 6.45) is 6.55. The number of nitrogens with one attached hydrogen (secondary N) is 1. The van der Waals surface area contributed by atoms with Gasteiger partial charge in [0.15, 0.2) is 0 Å². The molecule has 0 spiro atoms. The third kappa shape index (κ3) is 3.75. The predicted octanol–water partition coefficient (Wildman–Crippen LogP) is 2.71. The quantitative estimate of drug-likeness (QED) is 0.836. The van der Waals surface area contributed by atoms with Crippen molar-refractivity contribution in [2.45, 2.75) is 77.4 Å². The van der Waals surface area contributed by atoms with Crippen molar-refractivity contribution >= 4 is 0 Å². The first-order valence-electron chi connectivity index (χ1n) is 8.85. The molecule has 0 radical (unpaired) electrons. The van der Waals surface area contributed by atoms with E-state index >= 15 is 0 Å². The zero-order valence-electron chi connectivity index (χ0n) is 14.1. The first-order valence-corrected chi connectivity index (χ1v) is 8.85. The number of piperazine rings is 1. The van der Waals surface area contributed by atoms with Crippen LogP contribution in [0.3, 0.4) is 0 Å². The van der Waals surface area contributed by atoms with Crippen LogP contribution in [0, 0.1) is 0 Å². The lowest BCUT2D eigenvalue weighted by molar-refractivity contribution is 0.0160. The normalized spacial score (nSPS) is 34.5. The predicted molar refractivity (Wildman–Crippen MR) is 87.2 cm³/mol. The van der Waals surface area contributed by atoms with Crippen molar-refractivity contribution in [2.75, 3.05) is 32.7 Å². The lowest BCUT2D eigenvalue weighted by Gasteiger charge is -2.50. The fourth-order valence-corrected chi connectivity index (χ4v) is 3.90. The van der Waals surface area contributed by atoms with E-state index < -0.39 is 0 Å². The third-order valence-electron chi connectivity index (χ3n) is 5.58. The van der Waals surface area contributed by atoms with Gasteiger partial charge in [0, 0.05) is 30.7 Å². The largest absolute Gasteiger partial charge is 0.309 e. The first kappa shape index (κ1) is 16.3. The lowest BCUT2D eigenvalue weighted by Crippen LogP contribution is -2.65. The Morgan fingerprint density at radius 1 is 1.15 bits per heavy atom. The van der Waals surface area contributed by atoms with Gasteiger partial charge in [-0.1, -0.05) is 20.8 Å². The van der Waals surface area contributed by atoms with Crippen molar-refractivity contribution in [3.05, 3.63) is 0 Å². The van der Waals surface area contributed by atoms with Gasteiger partial charge < -0.3 is 10.2 Å². The second-order valence-electron chi connectivity index (χ2n) is 7.10. The second kappa shape index (κ2) is 7.24. The summed E-state index contributed by atoms with van der Waals surface area (Å²) in [6, 6.07) is 1.57. The maximum Gasteiger partial charge on any atom is 0.0278 e. The van der Waals surface area contributed by atoms with Gasteiger partial charge in [0.25, 0.3) is 0 Å². The van der Waals surface area contributed by atoms with E-state index in [1.807, 2.05) is 0 Å². The van der Waals surface area contributed by atoms with E-state index in [9.17, 15) is 0 Å². The van der Waals surface area contributed by atoms with Crippen molar-refractivity contribution in [1.82, 2.24) is 15.1 Å². The molecule has 0 aromatic carbocycles. The Bertz CT molecular complexity index is 286. The SMILES string of the molecule is CCCN1CCC(N2CC(C)(CC)NCC2CC)CC1. The lowest BCUT2D eigenvalue weighted by atomic mass is 9.89. The second-order valence-corrected chi connectivity index (χ2v) is 7.10. The molecule has 3 heteroatoms. The Kier molecular flexibility index (Phi) is 5.88. The highest BCUT2D eigenvalue weighted by Gasteiger charge is 2.37. The van der Waals surface area contributed by atoms with Crippen molar-refractivity contribution in [1.29, 1.82) is 0 Å². The maximum atomic E-state index is 3.79. The van der Waals surface area contributed by atoms with Gasteiger partial charge in [-0.2, -0.15) is 0 Å². The van der Waals surface area contributed by atoms with Gasteiger partial charge in [-0.3, -0.25) is 4.90 Å². The Morgan fingerprint density at radius 3 is 2.40 bits per heavy atom. The molecule has 2 atom stereocenters. The van der Waals surface area contributed by atoms with Crippen LogP contribution in [0.4, 0.5) is 0 Å². The molecule has 20 heavy (non-hydrogen) atoms. The van der Waals surface area contributed by atoms with Crippen LogP contribution >= 0.6 is 0 Å². The molecule has 0 aliphatic carbocycles. The molecular weight excluding hydrogens is 246 g/mol. The number of hydrogen-bond donors (Lipinski definition) is 1. The van der Waals surface area contributed by atoms with E-state index in [0.717, 1.165) is 12.1 Å². The smallest absolute Gasteiger partial charge is 0.0278 e. The molecule has 2 rings (SSSR count). The summed E-state index contributed by atoms with van der Waals surface area (Å²) in [4.78, 5) is 5.50. The summed E-state index contributed by atoms with van der Waals surface area (Å²) >= 11 is 0. The Morgan fingerprint density at radius 2 is 1.85 bits per heavy atom. The van der Waals surface area contributed by atoms with Crippen molar-refractivity contribution < 1.29 is 0 Å². The van der Waals surface area contributed by atoms with Gasteiger partial charge >= 0.3 is 0 Å². The number of rotatable bonds is 5. The van der Waals surface area contributed by atoms with Crippen LogP contribution in [0.15, 0.2) is 0 Å². The molecule has 2 saturated heterocycles. The number of likely N-dealkylation sites (tertiary alicyclic amines) is 1. The Balaban J connectivity index is 1.94. The molecule has 0 aromatic rings. The number of hydrogen-bond acceptors (Lipinski definition) is 3. The topological polar surface area (TPSA) is 18.5 Å². The molecule has 0 bridgehead atoms. The van der Waals surface area contributed by atoms with E-state index in [-0.39, 0.29) is 0 Å². The van der Waals surface area contributed by atoms with Crippen LogP contribution < -0.4 is 5.32 Å². The van der Waals surface area contributed by atoms with Gasteiger partial charge in [-0.15, -0.1) is 0 Å². The summed E-state index contributed by atoms with van der Waals surface area (Å²) in [5.74, 6) is 0. The summed E-state index contributed by atoms with van der Waals surface area (Å²) in [5.41, 5.74) is 0.326. The average Bonchev–Trinajstić information content (AvgIpc) is 2.48. The summed E-state index contributed by atoms with van der Waals surface area (Å²) in [5, 5.41) is 3.79. The molecule has 3 nitrogen and oxygen atoms in total. The van der Waals surface area contributed by atoms with Crippen molar-refractivity contribution in [3.8, 4) is 0 Å². The minimum atomic E-state index is 0.326. The van der Waals surface area contributed by atoms with Crippen LogP contribution in [0.5, 0.6) is 0 Å². The van der Waals surface area contributed by atoms with Crippen LogP contribution in [-0.4, -0.2) is 60.1 Å². The highest BCUT2D eigenvalue weighted by Crippen LogP contribution is 2.27. The fourth-order valence-electron chi connectivity index (χ4n) is 3.90. The van der Waals surface area contributed by atoms with Crippen LogP contribution in [0.1, 0.15) is 59.8 Å². The summed E-state index contributed by atoms with van der Waals surface area (Å²) < 4.78 is 0. The van der Waals surface area contributed by atoms with Gasteiger partial charge in [-0.25, -0.2) is 0 Å². The average molecular weight is 281 g/mol. The van der Waals surface area contributed by atoms with Crippen molar-refractivity contribution in [3.63, 3.8) is 0 Å². The van der Waals surface area contributed by atoms with Gasteiger partial charge in [0.05, 0.1) is 0 Å². The first-order chi connectivity index (χ1) is 9.61. The molecule has 2 aliphatic heterocycles. The zero-order valence-corrected chi connectivity index (χ0v) is 14.1. The van der Waals surface area contributed by atoms with E-state index in [1.54, 1.807) is 0 Å². The van der Waals surface area contributed by atoms with Crippen LogP contribution in [0.2, 0.25) is 0 Å². The van der Waals surface area contributed by atoms with E-state index in [1.165, 1.54) is 64.8 Å². The monoisotopic (exact) mass is 281 g/mol. The Labute approximate surface area is 126 Å². The van der Waals surface area contributed by atoms with Gasteiger partial charge in [0.1, 0.15) is 0 Å². The zero-order chi connectivity index (χ0) is 14.6. The molecule has 2 heterocycles. The van der Waals surface area contributed by atoms with Crippen LogP contribution in [0.25, 0.3) is 0 Å². The van der Waals surface area contributed by atoms with E-state index in [0.29, 0.717) is 5.54 Å². The highest BCUT2D eigenvalue weighted by atomic mass is 15.3. The number of piperidine rings is 1. The molecule has 2 unspecified atom stereocenters. The third-order valence-corrected chi connectivity index (χ3v) is 5.58. The molecule has 2 aliphatic rings. The summed E-state index contributed by atoms with van der Waals surface area (Å²) in [6.45, 7) is 15.7. The van der Waals surface area contributed by atoms with Crippen LogP contribution in [-0.2, 0) is 0 Å². The van der Waals surface area contributed by atoms with Gasteiger partial charge in [-0.05, 0) is 58.7 Å². The van der Waals surface area contributed by atoms with E-state index in [4.69, 9.17) is 0 Å². The minimum Gasteiger partial charge on any atom is -0.309 e. The summed E-state index contributed by atoms with van der Waals surface area (Å²) in [7, 11) is 0.